The zero-order valence-electron chi connectivity index (χ0n) is 7.16. The highest BCUT2D eigenvalue weighted by atomic mass is 35.5. The van der Waals surface area contributed by atoms with Gasteiger partial charge in [0.15, 0.2) is 11.0 Å². The van der Waals surface area contributed by atoms with Crippen LogP contribution in [0.15, 0.2) is 0 Å². The Balaban J connectivity index is 3.13. The van der Waals surface area contributed by atoms with Crippen LogP contribution in [0.1, 0.15) is 24.4 Å². The Kier molecular flexibility index (Phi) is 3.22. The largest absolute Gasteiger partial charge is 0.393 e. The number of nitrogens with two attached hydrogens (primary N) is 2. The number of nitrogens with zero attached hydrogens (tertiary/aromatic N) is 2. The van der Waals surface area contributed by atoms with E-state index in [1.54, 1.807) is 0 Å². The van der Waals surface area contributed by atoms with E-state index in [0.29, 0.717) is 5.82 Å². The molecule has 0 radical (unpaired) electrons. The summed E-state index contributed by atoms with van der Waals surface area (Å²) >= 11 is 10.00. The first kappa shape index (κ1) is 10.4. The molecule has 1 heterocycles. The lowest BCUT2D eigenvalue weighted by atomic mass is 10.3. The van der Waals surface area contributed by atoms with Gasteiger partial charge in [-0.1, -0.05) is 18.5 Å². The molecule has 0 fully saturated rings. The van der Waals surface area contributed by atoms with Crippen LogP contribution >= 0.6 is 24.2 Å². The molecule has 6 heteroatoms. The molecule has 1 aromatic heterocycles. The molecule has 1 unspecified atom stereocenters. The van der Waals surface area contributed by atoms with Crippen molar-refractivity contribution in [1.82, 2.24) is 9.97 Å². The highest BCUT2D eigenvalue weighted by Gasteiger charge is 2.12. The van der Waals surface area contributed by atoms with Crippen LogP contribution in [0.25, 0.3) is 0 Å². The van der Waals surface area contributed by atoms with Gasteiger partial charge < -0.3 is 11.5 Å². The van der Waals surface area contributed by atoms with Crippen LogP contribution in [0.5, 0.6) is 0 Å². The minimum Gasteiger partial charge on any atom is -0.393 e. The number of anilines is 2. The van der Waals surface area contributed by atoms with Crippen molar-refractivity contribution >= 4 is 35.7 Å². The summed E-state index contributed by atoms with van der Waals surface area (Å²) in [6.45, 7) is 1.97. The molecule has 0 aliphatic rings. The number of thiol groups is 1. The Morgan fingerprint density at radius 1 is 1.46 bits per heavy atom. The quantitative estimate of drug-likeness (QED) is 0.521. The van der Waals surface area contributed by atoms with Crippen molar-refractivity contribution in [3.63, 3.8) is 0 Å². The number of rotatable bonds is 2. The zero-order chi connectivity index (χ0) is 10.0. The maximum absolute atomic E-state index is 5.73. The summed E-state index contributed by atoms with van der Waals surface area (Å²) in [6.07, 6.45) is 0.808. The van der Waals surface area contributed by atoms with Crippen LogP contribution in [-0.2, 0) is 0 Å². The fraction of sp³-hybridized carbons (Fsp3) is 0.429. The van der Waals surface area contributed by atoms with Crippen molar-refractivity contribution in [2.75, 3.05) is 11.5 Å². The van der Waals surface area contributed by atoms with Gasteiger partial charge in [-0.25, -0.2) is 9.97 Å². The van der Waals surface area contributed by atoms with E-state index in [0.717, 1.165) is 6.42 Å². The van der Waals surface area contributed by atoms with Gasteiger partial charge in [-0.2, -0.15) is 12.6 Å². The van der Waals surface area contributed by atoms with Crippen LogP contribution in [0.3, 0.4) is 0 Å². The van der Waals surface area contributed by atoms with Crippen LogP contribution in [0.2, 0.25) is 5.15 Å². The lowest BCUT2D eigenvalue weighted by Crippen LogP contribution is -2.06. The maximum atomic E-state index is 5.73. The van der Waals surface area contributed by atoms with E-state index in [1.165, 1.54) is 0 Å². The van der Waals surface area contributed by atoms with E-state index < -0.39 is 0 Å². The summed E-state index contributed by atoms with van der Waals surface area (Å²) in [5.41, 5.74) is 11.2. The summed E-state index contributed by atoms with van der Waals surface area (Å²) in [4.78, 5) is 7.96. The highest BCUT2D eigenvalue weighted by Crippen LogP contribution is 2.26. The molecule has 1 rings (SSSR count). The van der Waals surface area contributed by atoms with E-state index >= 15 is 0 Å². The monoisotopic (exact) mass is 218 g/mol. The number of halogens is 1. The first-order valence-electron chi connectivity index (χ1n) is 3.82. The molecular formula is C7H11ClN4S. The third-order valence-corrected chi connectivity index (χ3v) is 2.51. The molecule has 0 aliphatic heterocycles. The summed E-state index contributed by atoms with van der Waals surface area (Å²) in [5.74, 6) is 0.727. The minimum atomic E-state index is -0.0552. The standard InChI is InChI=1S/C7H11ClN4S/c1-2-3(13)7-11-5(8)4(9)6(10)12-7/h3,13H,2,9H2,1H3,(H2,10,11,12). The molecule has 0 spiro atoms. The zero-order valence-corrected chi connectivity index (χ0v) is 8.81. The van der Waals surface area contributed by atoms with Crippen molar-refractivity contribution in [2.24, 2.45) is 0 Å². The normalized spacial score (nSPS) is 12.8. The Morgan fingerprint density at radius 3 is 2.54 bits per heavy atom. The maximum Gasteiger partial charge on any atom is 0.157 e. The fourth-order valence-electron chi connectivity index (χ4n) is 0.807. The van der Waals surface area contributed by atoms with Crippen molar-refractivity contribution in [2.45, 2.75) is 18.6 Å². The molecule has 0 saturated heterocycles. The van der Waals surface area contributed by atoms with Crippen LogP contribution in [0, 0.1) is 0 Å². The molecule has 0 aromatic carbocycles. The molecule has 1 aromatic rings. The summed E-state index contributed by atoms with van der Waals surface area (Å²) in [5, 5.41) is 0.135. The molecule has 0 amide bonds. The van der Waals surface area contributed by atoms with E-state index in [1.807, 2.05) is 6.92 Å². The van der Waals surface area contributed by atoms with Gasteiger partial charge in [0.25, 0.3) is 0 Å². The predicted octanol–water partition coefficient (Wildman–Crippen LogP) is 1.68. The van der Waals surface area contributed by atoms with Gasteiger partial charge in [-0.3, -0.25) is 0 Å². The summed E-state index contributed by atoms with van der Waals surface area (Å²) in [7, 11) is 0. The highest BCUT2D eigenvalue weighted by molar-refractivity contribution is 7.80. The summed E-state index contributed by atoms with van der Waals surface area (Å²) in [6, 6.07) is 0. The first-order valence-corrected chi connectivity index (χ1v) is 4.72. The molecule has 4 N–H and O–H groups in total. The van der Waals surface area contributed by atoms with Crippen molar-refractivity contribution in [3.05, 3.63) is 11.0 Å². The second-order valence-corrected chi connectivity index (χ2v) is 3.58. The number of aromatic nitrogens is 2. The summed E-state index contributed by atoms with van der Waals surface area (Å²) < 4.78 is 0. The lowest BCUT2D eigenvalue weighted by molar-refractivity contribution is 0.822. The van der Waals surface area contributed by atoms with Gasteiger partial charge in [-0.15, -0.1) is 0 Å². The number of hydrogen-bond donors (Lipinski definition) is 3. The SMILES string of the molecule is CCC(S)c1nc(N)c(N)c(Cl)n1. The van der Waals surface area contributed by atoms with Gasteiger partial charge >= 0.3 is 0 Å². The lowest BCUT2D eigenvalue weighted by Gasteiger charge is -2.08. The van der Waals surface area contributed by atoms with Crippen LogP contribution in [-0.4, -0.2) is 9.97 Å². The molecule has 4 nitrogen and oxygen atoms in total. The van der Waals surface area contributed by atoms with E-state index in [9.17, 15) is 0 Å². The van der Waals surface area contributed by atoms with E-state index in [2.05, 4.69) is 22.6 Å². The third kappa shape index (κ3) is 2.16. The van der Waals surface area contributed by atoms with Gasteiger partial charge in [0.1, 0.15) is 11.5 Å². The smallest absolute Gasteiger partial charge is 0.157 e. The first-order chi connectivity index (χ1) is 6.06. The van der Waals surface area contributed by atoms with Gasteiger partial charge in [-0.05, 0) is 6.42 Å². The van der Waals surface area contributed by atoms with Gasteiger partial charge in [0, 0.05) is 0 Å². The second-order valence-electron chi connectivity index (χ2n) is 2.60. The molecule has 1 atom stereocenters. The van der Waals surface area contributed by atoms with Crippen molar-refractivity contribution < 1.29 is 0 Å². The predicted molar refractivity (Wildman–Crippen MR) is 57.9 cm³/mol. The van der Waals surface area contributed by atoms with E-state index in [-0.39, 0.29) is 21.9 Å². The Morgan fingerprint density at radius 2 is 2.08 bits per heavy atom. The molecule has 0 aliphatic carbocycles. The number of hydrogen-bond acceptors (Lipinski definition) is 5. The average molecular weight is 219 g/mol. The minimum absolute atomic E-state index is 0.0552. The topological polar surface area (TPSA) is 77.8 Å². The van der Waals surface area contributed by atoms with Gasteiger partial charge in [0.05, 0.1) is 5.25 Å². The average Bonchev–Trinajstić information content (AvgIpc) is 2.12. The van der Waals surface area contributed by atoms with Crippen molar-refractivity contribution in [1.29, 1.82) is 0 Å². The Bertz CT molecular complexity index is 294. The number of nitrogen functional groups attached to an aromatic ring is 2. The van der Waals surface area contributed by atoms with Gasteiger partial charge in [0.2, 0.25) is 0 Å². The molecule has 0 bridgehead atoms. The fourth-order valence-corrected chi connectivity index (χ4v) is 1.11. The Labute approximate surface area is 87.1 Å². The Hall–Kier alpha value is -0.680. The van der Waals surface area contributed by atoms with Crippen LogP contribution < -0.4 is 11.5 Å². The molecule has 0 saturated carbocycles. The molecule has 72 valence electrons. The van der Waals surface area contributed by atoms with Crippen molar-refractivity contribution in [3.8, 4) is 0 Å². The molecule has 13 heavy (non-hydrogen) atoms. The van der Waals surface area contributed by atoms with E-state index in [4.69, 9.17) is 23.1 Å². The molecular weight excluding hydrogens is 208 g/mol. The van der Waals surface area contributed by atoms with Crippen LogP contribution in [0.4, 0.5) is 11.5 Å². The second kappa shape index (κ2) is 4.02. The third-order valence-electron chi connectivity index (χ3n) is 1.63.